The quantitative estimate of drug-likeness (QED) is 0.510. The van der Waals surface area contributed by atoms with Crippen LogP contribution in [0.25, 0.3) is 5.82 Å². The van der Waals surface area contributed by atoms with Gasteiger partial charge in [0, 0.05) is 22.5 Å². The zero-order valence-electron chi connectivity index (χ0n) is 17.2. The second-order valence-corrected chi connectivity index (χ2v) is 7.10. The highest BCUT2D eigenvalue weighted by Crippen LogP contribution is 2.15. The van der Waals surface area contributed by atoms with E-state index in [4.69, 9.17) is 0 Å². The van der Waals surface area contributed by atoms with Gasteiger partial charge in [-0.3, -0.25) is 9.59 Å². The highest BCUT2D eigenvalue weighted by Gasteiger charge is 2.10. The standard InChI is InChI=1S/C24H21N5O2/c1-16-14-17(2)29(28-16)22-13-12-21(15-25-22)27-24(31)19-8-10-20(11-9-19)26-23(30)18-6-4-3-5-7-18/h3-15H,1-2H3,(H,26,30)(H,27,31). The van der Waals surface area contributed by atoms with E-state index in [-0.39, 0.29) is 11.8 Å². The molecule has 4 rings (SSSR count). The summed E-state index contributed by atoms with van der Waals surface area (Å²) in [7, 11) is 0. The first kappa shape index (κ1) is 20.0. The Hall–Kier alpha value is -4.26. The lowest BCUT2D eigenvalue weighted by molar-refractivity contribution is 0.102. The lowest BCUT2D eigenvalue weighted by atomic mass is 10.1. The van der Waals surface area contributed by atoms with Crippen LogP contribution in [0.1, 0.15) is 32.1 Å². The maximum atomic E-state index is 12.5. The van der Waals surface area contributed by atoms with Crippen LogP contribution in [0.2, 0.25) is 0 Å². The molecule has 2 N–H and O–H groups in total. The van der Waals surface area contributed by atoms with Crippen molar-refractivity contribution in [2.45, 2.75) is 13.8 Å². The van der Waals surface area contributed by atoms with Gasteiger partial charge in [-0.05, 0) is 68.4 Å². The van der Waals surface area contributed by atoms with Gasteiger partial charge in [0.1, 0.15) is 0 Å². The molecule has 0 aliphatic carbocycles. The number of nitrogens with zero attached hydrogens (tertiary/aromatic N) is 3. The van der Waals surface area contributed by atoms with Crippen molar-refractivity contribution in [2.75, 3.05) is 10.6 Å². The first-order valence-electron chi connectivity index (χ1n) is 9.77. The summed E-state index contributed by atoms with van der Waals surface area (Å²) in [6, 6.07) is 21.2. The third-order valence-electron chi connectivity index (χ3n) is 4.67. The van der Waals surface area contributed by atoms with E-state index in [0.29, 0.717) is 28.3 Å². The van der Waals surface area contributed by atoms with Gasteiger partial charge in [-0.1, -0.05) is 18.2 Å². The number of anilines is 2. The van der Waals surface area contributed by atoms with Crippen LogP contribution in [-0.2, 0) is 0 Å². The molecule has 154 valence electrons. The van der Waals surface area contributed by atoms with Gasteiger partial charge < -0.3 is 10.6 Å². The van der Waals surface area contributed by atoms with Crippen molar-refractivity contribution in [2.24, 2.45) is 0 Å². The summed E-state index contributed by atoms with van der Waals surface area (Å²) < 4.78 is 1.75. The molecule has 0 saturated heterocycles. The van der Waals surface area contributed by atoms with Gasteiger partial charge in [-0.2, -0.15) is 5.10 Å². The van der Waals surface area contributed by atoms with E-state index >= 15 is 0 Å². The summed E-state index contributed by atoms with van der Waals surface area (Å²) >= 11 is 0. The Bertz CT molecular complexity index is 1210. The number of pyridine rings is 1. The number of rotatable bonds is 5. The second-order valence-electron chi connectivity index (χ2n) is 7.10. The number of hydrogen-bond donors (Lipinski definition) is 2. The van der Waals surface area contributed by atoms with Gasteiger partial charge in [0.2, 0.25) is 0 Å². The predicted octanol–water partition coefficient (Wildman–Crippen LogP) is 4.39. The van der Waals surface area contributed by atoms with Crippen molar-refractivity contribution in [3.05, 3.63) is 102 Å². The molecule has 0 unspecified atom stereocenters. The summed E-state index contributed by atoms with van der Waals surface area (Å²) in [6.45, 7) is 3.89. The Kier molecular flexibility index (Phi) is 5.57. The van der Waals surface area contributed by atoms with Crippen LogP contribution in [0, 0.1) is 13.8 Å². The van der Waals surface area contributed by atoms with Crippen LogP contribution in [0.3, 0.4) is 0 Å². The smallest absolute Gasteiger partial charge is 0.255 e. The molecule has 0 bridgehead atoms. The molecule has 31 heavy (non-hydrogen) atoms. The number of amides is 2. The minimum atomic E-state index is -0.262. The topological polar surface area (TPSA) is 88.9 Å². The lowest BCUT2D eigenvalue weighted by Gasteiger charge is -2.08. The van der Waals surface area contributed by atoms with Crippen molar-refractivity contribution >= 4 is 23.2 Å². The van der Waals surface area contributed by atoms with Crippen LogP contribution in [-0.4, -0.2) is 26.6 Å². The Balaban J connectivity index is 1.39. The van der Waals surface area contributed by atoms with Gasteiger partial charge in [0.15, 0.2) is 5.82 Å². The van der Waals surface area contributed by atoms with Gasteiger partial charge >= 0.3 is 0 Å². The normalized spacial score (nSPS) is 10.5. The number of nitrogens with one attached hydrogen (secondary N) is 2. The Morgan fingerprint density at radius 3 is 1.97 bits per heavy atom. The fourth-order valence-electron chi connectivity index (χ4n) is 3.15. The van der Waals surface area contributed by atoms with Gasteiger partial charge in [-0.15, -0.1) is 0 Å². The van der Waals surface area contributed by atoms with Crippen LogP contribution in [0.4, 0.5) is 11.4 Å². The van der Waals surface area contributed by atoms with Crippen LogP contribution >= 0.6 is 0 Å². The average Bonchev–Trinajstić information content (AvgIpc) is 3.13. The molecule has 2 aromatic heterocycles. The van der Waals surface area contributed by atoms with E-state index < -0.39 is 0 Å². The lowest BCUT2D eigenvalue weighted by Crippen LogP contribution is -2.14. The molecule has 7 heteroatoms. The minimum Gasteiger partial charge on any atom is -0.322 e. The highest BCUT2D eigenvalue weighted by molar-refractivity contribution is 6.06. The van der Waals surface area contributed by atoms with E-state index in [1.54, 1.807) is 71.5 Å². The molecule has 0 aliphatic heterocycles. The third kappa shape index (κ3) is 4.67. The van der Waals surface area contributed by atoms with Crippen LogP contribution in [0.15, 0.2) is 79.0 Å². The van der Waals surface area contributed by atoms with E-state index in [0.717, 1.165) is 11.4 Å². The Morgan fingerprint density at radius 1 is 0.774 bits per heavy atom. The third-order valence-corrected chi connectivity index (χ3v) is 4.67. The Labute approximate surface area is 179 Å². The molecule has 0 fully saturated rings. The van der Waals surface area contributed by atoms with Crippen molar-refractivity contribution in [3.8, 4) is 5.82 Å². The molecular weight excluding hydrogens is 390 g/mol. The zero-order chi connectivity index (χ0) is 21.8. The SMILES string of the molecule is Cc1cc(C)n(-c2ccc(NC(=O)c3ccc(NC(=O)c4ccccc4)cc3)cn2)n1. The molecule has 7 nitrogen and oxygen atoms in total. The van der Waals surface area contributed by atoms with E-state index in [2.05, 4.69) is 20.7 Å². The Morgan fingerprint density at radius 2 is 1.39 bits per heavy atom. The average molecular weight is 411 g/mol. The molecular formula is C24H21N5O2. The summed E-state index contributed by atoms with van der Waals surface area (Å²) in [5, 5.41) is 10.0. The molecule has 2 aromatic carbocycles. The van der Waals surface area contributed by atoms with E-state index in [1.807, 2.05) is 26.0 Å². The first-order valence-corrected chi connectivity index (χ1v) is 9.77. The number of carbonyl (C=O) groups excluding carboxylic acids is 2. The molecule has 0 atom stereocenters. The van der Waals surface area contributed by atoms with E-state index in [1.165, 1.54) is 0 Å². The molecule has 4 aromatic rings. The molecule has 0 aliphatic rings. The maximum Gasteiger partial charge on any atom is 0.255 e. The summed E-state index contributed by atoms with van der Waals surface area (Å²) in [6.07, 6.45) is 1.60. The number of carbonyl (C=O) groups is 2. The number of aromatic nitrogens is 3. The molecule has 0 saturated carbocycles. The van der Waals surface area contributed by atoms with Gasteiger partial charge in [0.05, 0.1) is 17.6 Å². The largest absolute Gasteiger partial charge is 0.322 e. The second kappa shape index (κ2) is 8.62. The highest BCUT2D eigenvalue weighted by atomic mass is 16.2. The zero-order valence-corrected chi connectivity index (χ0v) is 17.2. The number of hydrogen-bond acceptors (Lipinski definition) is 4. The fraction of sp³-hybridized carbons (Fsp3) is 0.0833. The van der Waals surface area contributed by atoms with Gasteiger partial charge in [0.25, 0.3) is 11.8 Å². The fourth-order valence-corrected chi connectivity index (χ4v) is 3.15. The monoisotopic (exact) mass is 411 g/mol. The predicted molar refractivity (Wildman–Crippen MR) is 120 cm³/mol. The minimum absolute atomic E-state index is 0.202. The molecule has 0 radical (unpaired) electrons. The van der Waals surface area contributed by atoms with Crippen LogP contribution in [0.5, 0.6) is 0 Å². The first-order chi connectivity index (χ1) is 15.0. The van der Waals surface area contributed by atoms with Crippen molar-refractivity contribution in [1.82, 2.24) is 14.8 Å². The molecule has 2 heterocycles. The summed E-state index contributed by atoms with van der Waals surface area (Å²) in [5.74, 6) is 0.218. The van der Waals surface area contributed by atoms with Crippen molar-refractivity contribution < 1.29 is 9.59 Å². The van der Waals surface area contributed by atoms with Crippen molar-refractivity contribution in [1.29, 1.82) is 0 Å². The van der Waals surface area contributed by atoms with Gasteiger partial charge in [-0.25, -0.2) is 9.67 Å². The van der Waals surface area contributed by atoms with Crippen molar-refractivity contribution in [3.63, 3.8) is 0 Å². The van der Waals surface area contributed by atoms with E-state index in [9.17, 15) is 9.59 Å². The maximum absolute atomic E-state index is 12.5. The molecule has 2 amide bonds. The summed E-state index contributed by atoms with van der Waals surface area (Å²) in [5.41, 5.74) is 4.14. The summed E-state index contributed by atoms with van der Waals surface area (Å²) in [4.78, 5) is 29.1. The number of benzene rings is 2. The van der Waals surface area contributed by atoms with Crippen LogP contribution < -0.4 is 10.6 Å². The molecule has 0 spiro atoms. The number of aryl methyl sites for hydroxylation is 2.